The zero-order chi connectivity index (χ0) is 16.1. The second kappa shape index (κ2) is 4.84. The molecule has 1 heterocycles. The minimum atomic E-state index is -4.71. The second-order valence-corrected chi connectivity index (χ2v) is 5.09. The molecule has 1 aliphatic heterocycles. The number of rotatable bonds is 1. The molecule has 0 fully saturated rings. The van der Waals surface area contributed by atoms with Crippen LogP contribution in [0.4, 0.5) is 18.9 Å². The van der Waals surface area contributed by atoms with E-state index in [-0.39, 0.29) is 16.1 Å². The lowest BCUT2D eigenvalue weighted by Gasteiger charge is -2.20. The highest BCUT2D eigenvalue weighted by Crippen LogP contribution is 2.40. The molecule has 3 nitrogen and oxygen atoms in total. The van der Waals surface area contributed by atoms with Gasteiger partial charge in [0.2, 0.25) is 0 Å². The van der Waals surface area contributed by atoms with Gasteiger partial charge in [-0.1, -0.05) is 23.7 Å². The summed E-state index contributed by atoms with van der Waals surface area (Å²) in [5.41, 5.74) is -1.51. The van der Waals surface area contributed by atoms with Gasteiger partial charge in [0.15, 0.2) is 0 Å². The van der Waals surface area contributed by atoms with Gasteiger partial charge < -0.3 is 0 Å². The van der Waals surface area contributed by atoms with E-state index in [0.717, 1.165) is 18.2 Å². The summed E-state index contributed by atoms with van der Waals surface area (Å²) >= 11 is 5.74. The molecule has 0 saturated heterocycles. The van der Waals surface area contributed by atoms with Crippen molar-refractivity contribution in [3.63, 3.8) is 0 Å². The fourth-order valence-corrected chi connectivity index (χ4v) is 2.50. The van der Waals surface area contributed by atoms with E-state index in [1.807, 2.05) is 0 Å². The first-order valence-electron chi connectivity index (χ1n) is 6.15. The minimum absolute atomic E-state index is 0.000411. The Kier molecular flexibility index (Phi) is 3.21. The molecule has 0 saturated carbocycles. The molecular formula is C15H7ClF3NO2. The van der Waals surface area contributed by atoms with Crippen LogP contribution < -0.4 is 4.90 Å². The summed E-state index contributed by atoms with van der Waals surface area (Å²) in [7, 11) is 0. The van der Waals surface area contributed by atoms with E-state index in [1.165, 1.54) is 24.3 Å². The van der Waals surface area contributed by atoms with Crippen molar-refractivity contribution >= 4 is 29.1 Å². The van der Waals surface area contributed by atoms with Crippen LogP contribution in [0.2, 0.25) is 5.02 Å². The van der Waals surface area contributed by atoms with Crippen molar-refractivity contribution in [3.05, 3.63) is 64.2 Å². The van der Waals surface area contributed by atoms with Crippen molar-refractivity contribution in [3.8, 4) is 0 Å². The number of carbonyl (C=O) groups excluding carboxylic acids is 2. The first kappa shape index (κ1) is 14.6. The van der Waals surface area contributed by atoms with Gasteiger partial charge in [0, 0.05) is 5.02 Å². The van der Waals surface area contributed by atoms with E-state index in [4.69, 9.17) is 11.6 Å². The maximum atomic E-state index is 13.1. The Morgan fingerprint density at radius 1 is 0.909 bits per heavy atom. The monoisotopic (exact) mass is 325 g/mol. The van der Waals surface area contributed by atoms with Crippen LogP contribution in [0.5, 0.6) is 0 Å². The van der Waals surface area contributed by atoms with Gasteiger partial charge in [-0.3, -0.25) is 9.59 Å². The van der Waals surface area contributed by atoms with Crippen molar-refractivity contribution < 1.29 is 22.8 Å². The molecule has 0 aliphatic carbocycles. The number of carbonyl (C=O) groups is 2. The van der Waals surface area contributed by atoms with Crippen molar-refractivity contribution in [1.82, 2.24) is 0 Å². The topological polar surface area (TPSA) is 37.4 Å². The smallest absolute Gasteiger partial charge is 0.268 e. The maximum absolute atomic E-state index is 13.1. The molecule has 112 valence electrons. The molecule has 2 aromatic carbocycles. The van der Waals surface area contributed by atoms with Gasteiger partial charge in [0.1, 0.15) is 0 Å². The maximum Gasteiger partial charge on any atom is 0.418 e. The summed E-state index contributed by atoms with van der Waals surface area (Å²) in [6, 6.07) is 8.65. The zero-order valence-electron chi connectivity index (χ0n) is 10.8. The molecule has 0 bridgehead atoms. The normalized spacial score (nSPS) is 14.5. The van der Waals surface area contributed by atoms with Gasteiger partial charge in [-0.2, -0.15) is 13.2 Å². The predicted octanol–water partition coefficient (Wildman–Crippen LogP) is 4.16. The Balaban J connectivity index is 2.20. The Morgan fingerprint density at radius 2 is 1.45 bits per heavy atom. The third kappa shape index (κ3) is 2.16. The first-order valence-corrected chi connectivity index (χ1v) is 6.53. The fraction of sp³-hybridized carbons (Fsp3) is 0.0667. The number of halogens is 4. The molecule has 22 heavy (non-hydrogen) atoms. The van der Waals surface area contributed by atoms with Crippen LogP contribution in [0.15, 0.2) is 42.5 Å². The van der Waals surface area contributed by atoms with Crippen LogP contribution in [-0.2, 0) is 6.18 Å². The number of anilines is 1. The van der Waals surface area contributed by atoms with Crippen LogP contribution in [0.3, 0.4) is 0 Å². The number of nitrogens with zero attached hydrogens (tertiary/aromatic N) is 1. The summed E-state index contributed by atoms with van der Waals surface area (Å²) in [5, 5.41) is -0.000411. The van der Waals surface area contributed by atoms with E-state index in [9.17, 15) is 22.8 Å². The van der Waals surface area contributed by atoms with Gasteiger partial charge in [-0.25, -0.2) is 4.90 Å². The summed E-state index contributed by atoms with van der Waals surface area (Å²) in [4.78, 5) is 25.1. The molecule has 1 aliphatic rings. The van der Waals surface area contributed by atoms with E-state index in [2.05, 4.69) is 0 Å². The largest absolute Gasteiger partial charge is 0.418 e. The molecule has 0 spiro atoms. The summed E-state index contributed by atoms with van der Waals surface area (Å²) in [6.07, 6.45) is -4.71. The number of fused-ring (bicyclic) bond motifs is 1. The first-order chi connectivity index (χ1) is 10.3. The Bertz CT molecular complexity index is 767. The van der Waals surface area contributed by atoms with E-state index in [1.54, 1.807) is 0 Å². The van der Waals surface area contributed by atoms with Gasteiger partial charge in [-0.05, 0) is 30.3 Å². The third-order valence-electron chi connectivity index (χ3n) is 3.30. The standard InChI is InChI=1S/C15H7ClF3NO2/c16-8-5-6-11(15(17,18)19)12(7-8)20-13(21)9-3-1-2-4-10(9)14(20)22/h1-7H. The number of amides is 2. The number of benzene rings is 2. The van der Waals surface area contributed by atoms with Crippen LogP contribution in [-0.4, -0.2) is 11.8 Å². The van der Waals surface area contributed by atoms with Crippen molar-refractivity contribution in [1.29, 1.82) is 0 Å². The molecule has 0 N–H and O–H groups in total. The summed E-state index contributed by atoms with van der Waals surface area (Å²) < 4.78 is 39.4. The molecule has 7 heteroatoms. The van der Waals surface area contributed by atoms with Crippen molar-refractivity contribution in [2.45, 2.75) is 6.18 Å². The van der Waals surface area contributed by atoms with Crippen molar-refractivity contribution in [2.24, 2.45) is 0 Å². The van der Waals surface area contributed by atoms with E-state index >= 15 is 0 Å². The average molecular weight is 326 g/mol. The van der Waals surface area contributed by atoms with Crippen LogP contribution in [0.25, 0.3) is 0 Å². The summed E-state index contributed by atoms with van der Waals surface area (Å²) in [6.45, 7) is 0. The Hall–Kier alpha value is -2.34. The van der Waals surface area contributed by atoms with E-state index < -0.39 is 29.2 Å². The number of alkyl halides is 3. The second-order valence-electron chi connectivity index (χ2n) is 4.65. The van der Waals surface area contributed by atoms with Crippen LogP contribution in [0.1, 0.15) is 26.3 Å². The number of hydrogen-bond acceptors (Lipinski definition) is 2. The quantitative estimate of drug-likeness (QED) is 0.738. The lowest BCUT2D eigenvalue weighted by molar-refractivity contribution is -0.137. The highest BCUT2D eigenvalue weighted by Gasteiger charge is 2.42. The lowest BCUT2D eigenvalue weighted by Crippen LogP contribution is -2.31. The molecule has 0 aromatic heterocycles. The van der Waals surface area contributed by atoms with Gasteiger partial charge >= 0.3 is 6.18 Å². The molecular weight excluding hydrogens is 319 g/mol. The van der Waals surface area contributed by atoms with Crippen LogP contribution in [0, 0.1) is 0 Å². The molecule has 2 amide bonds. The van der Waals surface area contributed by atoms with Gasteiger partial charge in [-0.15, -0.1) is 0 Å². The number of imide groups is 1. The Labute approximate surface area is 127 Å². The minimum Gasteiger partial charge on any atom is -0.268 e. The highest BCUT2D eigenvalue weighted by molar-refractivity contribution is 6.35. The molecule has 0 radical (unpaired) electrons. The van der Waals surface area contributed by atoms with Gasteiger partial charge in [0.05, 0.1) is 22.4 Å². The lowest BCUT2D eigenvalue weighted by atomic mass is 10.1. The SMILES string of the molecule is O=C1c2ccccc2C(=O)N1c1cc(Cl)ccc1C(F)(F)F. The highest BCUT2D eigenvalue weighted by atomic mass is 35.5. The number of hydrogen-bond donors (Lipinski definition) is 0. The molecule has 2 aromatic rings. The average Bonchev–Trinajstić information content (AvgIpc) is 2.70. The fourth-order valence-electron chi connectivity index (χ4n) is 2.34. The van der Waals surface area contributed by atoms with Gasteiger partial charge in [0.25, 0.3) is 11.8 Å². The summed E-state index contributed by atoms with van der Waals surface area (Å²) in [5.74, 6) is -1.60. The Morgan fingerprint density at radius 3 is 1.95 bits per heavy atom. The molecule has 0 atom stereocenters. The van der Waals surface area contributed by atoms with E-state index in [0.29, 0.717) is 4.90 Å². The molecule has 0 unspecified atom stereocenters. The van der Waals surface area contributed by atoms with Crippen molar-refractivity contribution in [2.75, 3.05) is 4.90 Å². The third-order valence-corrected chi connectivity index (χ3v) is 3.54. The van der Waals surface area contributed by atoms with Crippen LogP contribution >= 0.6 is 11.6 Å². The predicted molar refractivity (Wildman–Crippen MR) is 74.0 cm³/mol. The zero-order valence-corrected chi connectivity index (χ0v) is 11.6. The molecule has 3 rings (SSSR count).